The van der Waals surface area contributed by atoms with Crippen LogP contribution in [0.15, 0.2) is 18.3 Å². The summed E-state index contributed by atoms with van der Waals surface area (Å²) in [7, 11) is 1.16. The molecule has 0 fully saturated rings. The summed E-state index contributed by atoms with van der Waals surface area (Å²) in [5.74, 6) is -0.419. The number of nitro groups is 1. The number of hydrogen-bond donors (Lipinski definition) is 1. The van der Waals surface area contributed by atoms with E-state index in [1.54, 1.807) is 0 Å². The lowest BCUT2D eigenvalue weighted by molar-refractivity contribution is -0.388. The summed E-state index contributed by atoms with van der Waals surface area (Å²) in [6.07, 6.45) is 0.488. The highest BCUT2D eigenvalue weighted by Crippen LogP contribution is 2.19. The second-order valence-corrected chi connectivity index (χ2v) is 2.25. The molecule has 0 aliphatic carbocycles. The van der Waals surface area contributed by atoms with E-state index in [-0.39, 0.29) is 5.69 Å². The summed E-state index contributed by atoms with van der Waals surface area (Å²) in [6.45, 7) is 0. The SMILES string of the molecule is COC(=O)Nc1cccnc1[N+](=O)[O-]. The van der Waals surface area contributed by atoms with Crippen LogP contribution in [0.2, 0.25) is 0 Å². The monoisotopic (exact) mass is 197 g/mol. The Labute approximate surface area is 78.9 Å². The van der Waals surface area contributed by atoms with Crippen LogP contribution in [0.25, 0.3) is 0 Å². The van der Waals surface area contributed by atoms with Gasteiger partial charge in [-0.15, -0.1) is 0 Å². The molecule has 0 bridgehead atoms. The molecule has 0 radical (unpaired) electrons. The minimum atomic E-state index is -0.777. The first kappa shape index (κ1) is 9.90. The van der Waals surface area contributed by atoms with Gasteiger partial charge in [-0.25, -0.2) is 4.79 Å². The molecule has 0 aliphatic rings. The first-order valence-electron chi connectivity index (χ1n) is 3.59. The van der Waals surface area contributed by atoms with E-state index in [1.165, 1.54) is 18.3 Å². The molecule has 0 atom stereocenters. The van der Waals surface area contributed by atoms with Gasteiger partial charge in [0.1, 0.15) is 11.9 Å². The molecule has 0 unspecified atom stereocenters. The number of amides is 1. The van der Waals surface area contributed by atoms with Crippen LogP contribution in [-0.4, -0.2) is 23.1 Å². The number of rotatable bonds is 2. The van der Waals surface area contributed by atoms with Crippen LogP contribution in [-0.2, 0) is 4.74 Å². The van der Waals surface area contributed by atoms with Crippen molar-refractivity contribution in [2.24, 2.45) is 0 Å². The minimum Gasteiger partial charge on any atom is -0.453 e. The molecule has 1 N–H and O–H groups in total. The van der Waals surface area contributed by atoms with E-state index in [9.17, 15) is 14.9 Å². The molecule has 1 amide bonds. The number of hydrogen-bond acceptors (Lipinski definition) is 5. The molecule has 0 saturated heterocycles. The molecule has 0 saturated carbocycles. The number of carbonyl (C=O) groups excluding carboxylic acids is 1. The van der Waals surface area contributed by atoms with Gasteiger partial charge < -0.3 is 14.9 Å². The molecular weight excluding hydrogens is 190 g/mol. The number of aromatic nitrogens is 1. The number of anilines is 1. The Kier molecular flexibility index (Phi) is 2.95. The van der Waals surface area contributed by atoms with E-state index in [4.69, 9.17) is 0 Å². The Morgan fingerprint density at radius 3 is 3.00 bits per heavy atom. The van der Waals surface area contributed by atoms with Crippen LogP contribution in [0.1, 0.15) is 0 Å². The molecule has 1 aromatic heterocycles. The van der Waals surface area contributed by atoms with Gasteiger partial charge in [-0.2, -0.15) is 0 Å². The van der Waals surface area contributed by atoms with Crippen LogP contribution in [0.5, 0.6) is 0 Å². The van der Waals surface area contributed by atoms with Gasteiger partial charge in [-0.1, -0.05) is 0 Å². The third-order valence-corrected chi connectivity index (χ3v) is 1.38. The van der Waals surface area contributed by atoms with E-state index < -0.39 is 16.8 Å². The molecule has 0 aromatic carbocycles. The summed E-state index contributed by atoms with van der Waals surface area (Å²) < 4.78 is 4.29. The van der Waals surface area contributed by atoms with Gasteiger partial charge in [-0.3, -0.25) is 5.32 Å². The Morgan fingerprint density at radius 1 is 1.71 bits per heavy atom. The summed E-state index contributed by atoms with van der Waals surface area (Å²) in [5, 5.41) is 12.6. The quantitative estimate of drug-likeness (QED) is 0.567. The zero-order valence-electron chi connectivity index (χ0n) is 7.26. The Morgan fingerprint density at radius 2 is 2.43 bits per heavy atom. The van der Waals surface area contributed by atoms with Crippen molar-refractivity contribution in [3.63, 3.8) is 0 Å². The van der Waals surface area contributed by atoms with Crippen molar-refractivity contribution in [1.82, 2.24) is 4.98 Å². The van der Waals surface area contributed by atoms with Gasteiger partial charge in [0.25, 0.3) is 0 Å². The van der Waals surface area contributed by atoms with Crippen LogP contribution in [0.3, 0.4) is 0 Å². The zero-order valence-corrected chi connectivity index (χ0v) is 7.26. The van der Waals surface area contributed by atoms with Crippen molar-refractivity contribution in [1.29, 1.82) is 0 Å². The standard InChI is InChI=1S/C7H7N3O4/c1-14-7(11)9-5-3-2-4-8-6(5)10(12)13/h2-4H,1H3,(H,9,11). The minimum absolute atomic E-state index is 0.00403. The van der Waals surface area contributed by atoms with Crippen LogP contribution < -0.4 is 5.32 Å². The van der Waals surface area contributed by atoms with E-state index in [1.807, 2.05) is 0 Å². The summed E-state index contributed by atoms with van der Waals surface area (Å²) >= 11 is 0. The maximum absolute atomic E-state index is 10.8. The maximum atomic E-state index is 10.8. The molecule has 74 valence electrons. The van der Waals surface area contributed by atoms with Crippen molar-refractivity contribution in [3.8, 4) is 0 Å². The van der Waals surface area contributed by atoms with Gasteiger partial charge in [0, 0.05) is 0 Å². The Balaban J connectivity index is 2.95. The van der Waals surface area contributed by atoms with E-state index >= 15 is 0 Å². The second kappa shape index (κ2) is 4.17. The second-order valence-electron chi connectivity index (χ2n) is 2.25. The molecule has 0 spiro atoms. The van der Waals surface area contributed by atoms with Crippen molar-refractivity contribution < 1.29 is 14.5 Å². The molecule has 14 heavy (non-hydrogen) atoms. The summed E-state index contributed by atoms with van der Waals surface area (Å²) in [5.41, 5.74) is 0.00403. The predicted molar refractivity (Wildman–Crippen MR) is 46.9 cm³/mol. The van der Waals surface area contributed by atoms with Crippen molar-refractivity contribution in [3.05, 3.63) is 28.4 Å². The third-order valence-electron chi connectivity index (χ3n) is 1.38. The van der Waals surface area contributed by atoms with Gasteiger partial charge in [-0.05, 0) is 22.0 Å². The fourth-order valence-corrected chi connectivity index (χ4v) is 0.801. The first-order valence-corrected chi connectivity index (χ1v) is 3.59. The Bertz CT molecular complexity index is 366. The molecule has 1 aromatic rings. The van der Waals surface area contributed by atoms with Crippen molar-refractivity contribution in [2.45, 2.75) is 0 Å². The molecule has 1 heterocycles. The third kappa shape index (κ3) is 2.16. The first-order chi connectivity index (χ1) is 6.65. The number of pyridine rings is 1. The fourth-order valence-electron chi connectivity index (χ4n) is 0.801. The zero-order chi connectivity index (χ0) is 10.6. The lowest BCUT2D eigenvalue weighted by Gasteiger charge is -2.02. The highest BCUT2D eigenvalue weighted by Gasteiger charge is 2.15. The van der Waals surface area contributed by atoms with Gasteiger partial charge in [0.05, 0.1) is 7.11 Å². The number of nitrogens with zero attached hydrogens (tertiary/aromatic N) is 2. The largest absolute Gasteiger partial charge is 0.453 e. The van der Waals surface area contributed by atoms with Crippen LogP contribution in [0.4, 0.5) is 16.3 Å². The molecule has 0 aliphatic heterocycles. The number of ether oxygens (including phenoxy) is 1. The molecule has 7 heteroatoms. The van der Waals surface area contributed by atoms with Gasteiger partial charge >= 0.3 is 11.9 Å². The topological polar surface area (TPSA) is 94.4 Å². The molecule has 7 nitrogen and oxygen atoms in total. The van der Waals surface area contributed by atoms with Crippen molar-refractivity contribution in [2.75, 3.05) is 12.4 Å². The van der Waals surface area contributed by atoms with E-state index in [0.717, 1.165) is 7.11 Å². The van der Waals surface area contributed by atoms with Gasteiger partial charge in [0.2, 0.25) is 0 Å². The van der Waals surface area contributed by atoms with E-state index in [2.05, 4.69) is 15.0 Å². The number of carbonyl (C=O) groups is 1. The summed E-state index contributed by atoms with van der Waals surface area (Å²) in [6, 6.07) is 2.83. The lowest BCUT2D eigenvalue weighted by Crippen LogP contribution is -2.12. The van der Waals surface area contributed by atoms with Crippen LogP contribution >= 0.6 is 0 Å². The van der Waals surface area contributed by atoms with Crippen LogP contribution in [0, 0.1) is 10.1 Å². The lowest BCUT2D eigenvalue weighted by atomic mass is 10.4. The fraction of sp³-hybridized carbons (Fsp3) is 0.143. The Hall–Kier alpha value is -2.18. The van der Waals surface area contributed by atoms with Gasteiger partial charge in [0.15, 0.2) is 0 Å². The average molecular weight is 197 g/mol. The highest BCUT2D eigenvalue weighted by atomic mass is 16.6. The average Bonchev–Trinajstić information content (AvgIpc) is 2.18. The predicted octanol–water partition coefficient (Wildman–Crippen LogP) is 1.17. The normalized spacial score (nSPS) is 9.21. The molecule has 1 rings (SSSR count). The van der Waals surface area contributed by atoms with E-state index in [0.29, 0.717) is 0 Å². The van der Waals surface area contributed by atoms with Crippen molar-refractivity contribution >= 4 is 17.6 Å². The number of nitrogens with one attached hydrogen (secondary N) is 1. The highest BCUT2D eigenvalue weighted by molar-refractivity contribution is 5.86. The summed E-state index contributed by atoms with van der Waals surface area (Å²) in [4.78, 5) is 24.0. The number of methoxy groups -OCH3 is 1. The smallest absolute Gasteiger partial charge is 0.411 e. The maximum Gasteiger partial charge on any atom is 0.411 e. The molecular formula is C7H7N3O4.